The van der Waals surface area contributed by atoms with Crippen molar-refractivity contribution >= 4 is 18.3 Å². The summed E-state index contributed by atoms with van der Waals surface area (Å²) in [6, 6.07) is -1.80. The molecule has 0 aliphatic carbocycles. The fourth-order valence-corrected chi connectivity index (χ4v) is 2.93. The first kappa shape index (κ1) is 24.4. The third-order valence-electron chi connectivity index (χ3n) is 4.46. The van der Waals surface area contributed by atoms with E-state index in [2.05, 4.69) is 20.6 Å². The van der Waals surface area contributed by atoms with Gasteiger partial charge in [0.05, 0.1) is 5.69 Å². The SMILES string of the molecule is Cc1nc(C(C)(C)C)[nH]c(=O)c1C(=O)NCC(N1CCNCC1)C(F)(F)F.Cl. The summed E-state index contributed by atoms with van der Waals surface area (Å²) in [7, 11) is 0. The van der Waals surface area contributed by atoms with E-state index < -0.39 is 35.6 Å². The number of alkyl halides is 3. The van der Waals surface area contributed by atoms with Crippen LogP contribution in [0.5, 0.6) is 0 Å². The van der Waals surface area contributed by atoms with Crippen molar-refractivity contribution in [1.82, 2.24) is 25.5 Å². The lowest BCUT2D eigenvalue weighted by atomic mass is 9.95. The maximum absolute atomic E-state index is 13.4. The molecule has 2 rings (SSSR count). The Morgan fingerprint density at radius 1 is 1.25 bits per heavy atom. The molecule has 0 radical (unpaired) electrons. The number of nitrogens with one attached hydrogen (secondary N) is 3. The third kappa shape index (κ3) is 5.92. The number of halogens is 4. The number of aromatic amines is 1. The van der Waals surface area contributed by atoms with Crippen LogP contribution in [-0.2, 0) is 5.41 Å². The number of carbonyl (C=O) groups is 1. The number of piperazine rings is 1. The lowest BCUT2D eigenvalue weighted by Gasteiger charge is -2.35. The molecule has 1 unspecified atom stereocenters. The van der Waals surface area contributed by atoms with E-state index in [0.29, 0.717) is 18.9 Å². The Morgan fingerprint density at radius 3 is 2.29 bits per heavy atom. The second-order valence-corrected chi connectivity index (χ2v) is 7.68. The standard InChI is InChI=1S/C17H26F3N5O2.ClH/c1-10-12(14(27)24-15(23-10)16(2,3)4)13(26)22-9-11(17(18,19)20)25-7-5-21-6-8-25;/h11,21H,5-9H2,1-4H3,(H,22,26)(H,23,24,27);1H. The number of nitrogens with zero attached hydrogens (tertiary/aromatic N) is 2. The van der Waals surface area contributed by atoms with Gasteiger partial charge < -0.3 is 15.6 Å². The van der Waals surface area contributed by atoms with Gasteiger partial charge in [0.25, 0.3) is 11.5 Å². The van der Waals surface area contributed by atoms with E-state index in [9.17, 15) is 22.8 Å². The Balaban J connectivity index is 0.00000392. The van der Waals surface area contributed by atoms with E-state index in [4.69, 9.17) is 0 Å². The Kier molecular flexibility index (Phi) is 8.04. The lowest BCUT2D eigenvalue weighted by Crippen LogP contribution is -2.57. The van der Waals surface area contributed by atoms with Crippen LogP contribution in [0.25, 0.3) is 0 Å². The van der Waals surface area contributed by atoms with Gasteiger partial charge >= 0.3 is 6.18 Å². The number of aromatic nitrogens is 2. The van der Waals surface area contributed by atoms with Crippen LogP contribution >= 0.6 is 12.4 Å². The van der Waals surface area contributed by atoms with Crippen LogP contribution in [0.15, 0.2) is 4.79 Å². The van der Waals surface area contributed by atoms with Crippen molar-refractivity contribution < 1.29 is 18.0 Å². The number of hydrogen-bond donors (Lipinski definition) is 3. The van der Waals surface area contributed by atoms with E-state index in [-0.39, 0.29) is 36.8 Å². The molecule has 3 N–H and O–H groups in total. The fraction of sp³-hybridized carbons (Fsp3) is 0.706. The molecular formula is C17H27ClF3N5O2. The quantitative estimate of drug-likeness (QED) is 0.677. The van der Waals surface area contributed by atoms with Crippen LogP contribution in [-0.4, -0.2) is 65.7 Å². The summed E-state index contributed by atoms with van der Waals surface area (Å²) >= 11 is 0. The summed E-state index contributed by atoms with van der Waals surface area (Å²) in [4.78, 5) is 32.8. The number of H-pyrrole nitrogens is 1. The van der Waals surface area contributed by atoms with Crippen molar-refractivity contribution in [2.24, 2.45) is 0 Å². The summed E-state index contributed by atoms with van der Waals surface area (Å²) in [6.45, 7) is 7.82. The first-order valence-corrected chi connectivity index (χ1v) is 8.82. The zero-order valence-corrected chi connectivity index (χ0v) is 17.2. The van der Waals surface area contributed by atoms with Gasteiger partial charge in [0.2, 0.25) is 0 Å². The van der Waals surface area contributed by atoms with E-state index in [0.717, 1.165) is 0 Å². The van der Waals surface area contributed by atoms with Crippen LogP contribution < -0.4 is 16.2 Å². The normalized spacial score (nSPS) is 17.0. The first-order valence-electron chi connectivity index (χ1n) is 8.82. The Hall–Kier alpha value is -1.65. The van der Waals surface area contributed by atoms with Crippen LogP contribution in [0.4, 0.5) is 13.2 Å². The Labute approximate surface area is 167 Å². The van der Waals surface area contributed by atoms with Gasteiger partial charge in [-0.25, -0.2) is 4.98 Å². The molecule has 1 amide bonds. The summed E-state index contributed by atoms with van der Waals surface area (Å²) in [5.41, 5.74) is -1.16. The number of hydrogen-bond acceptors (Lipinski definition) is 5. The average Bonchev–Trinajstić information content (AvgIpc) is 2.53. The van der Waals surface area contributed by atoms with Gasteiger partial charge in [-0.3, -0.25) is 14.5 Å². The first-order chi connectivity index (χ1) is 12.4. The average molecular weight is 426 g/mol. The minimum Gasteiger partial charge on any atom is -0.350 e. The molecule has 1 atom stereocenters. The number of carbonyl (C=O) groups excluding carboxylic acids is 1. The van der Waals surface area contributed by atoms with Crippen molar-refractivity contribution in [3.63, 3.8) is 0 Å². The molecule has 1 saturated heterocycles. The van der Waals surface area contributed by atoms with Crippen molar-refractivity contribution in [2.75, 3.05) is 32.7 Å². The zero-order valence-electron chi connectivity index (χ0n) is 16.4. The molecule has 7 nitrogen and oxygen atoms in total. The molecule has 0 aromatic carbocycles. The molecule has 0 saturated carbocycles. The fourth-order valence-electron chi connectivity index (χ4n) is 2.93. The minimum absolute atomic E-state index is 0. The topological polar surface area (TPSA) is 90.1 Å². The van der Waals surface area contributed by atoms with E-state index in [1.54, 1.807) is 0 Å². The van der Waals surface area contributed by atoms with Gasteiger partial charge in [0.1, 0.15) is 17.4 Å². The highest BCUT2D eigenvalue weighted by atomic mass is 35.5. The highest BCUT2D eigenvalue weighted by molar-refractivity contribution is 5.94. The van der Waals surface area contributed by atoms with Gasteiger partial charge in [0, 0.05) is 38.1 Å². The molecule has 11 heteroatoms. The van der Waals surface area contributed by atoms with Crippen molar-refractivity contribution in [1.29, 1.82) is 0 Å². The smallest absolute Gasteiger partial charge is 0.350 e. The maximum Gasteiger partial charge on any atom is 0.405 e. The predicted molar refractivity (Wildman–Crippen MR) is 102 cm³/mol. The second kappa shape index (κ2) is 9.23. The van der Waals surface area contributed by atoms with Crippen LogP contribution in [0, 0.1) is 6.92 Å². The monoisotopic (exact) mass is 425 g/mol. The summed E-state index contributed by atoms with van der Waals surface area (Å²) in [5, 5.41) is 5.26. The van der Waals surface area contributed by atoms with Crippen molar-refractivity contribution in [3.05, 3.63) is 27.4 Å². The largest absolute Gasteiger partial charge is 0.405 e. The van der Waals surface area contributed by atoms with Gasteiger partial charge in [-0.15, -0.1) is 12.4 Å². The number of aryl methyl sites for hydroxylation is 1. The van der Waals surface area contributed by atoms with Gasteiger partial charge in [-0.05, 0) is 6.92 Å². The summed E-state index contributed by atoms with van der Waals surface area (Å²) < 4.78 is 40.2. The van der Waals surface area contributed by atoms with E-state index in [1.807, 2.05) is 20.8 Å². The highest BCUT2D eigenvalue weighted by Gasteiger charge is 2.44. The third-order valence-corrected chi connectivity index (χ3v) is 4.46. The van der Waals surface area contributed by atoms with E-state index >= 15 is 0 Å². The second-order valence-electron chi connectivity index (χ2n) is 7.68. The molecule has 0 spiro atoms. The van der Waals surface area contributed by atoms with E-state index in [1.165, 1.54) is 11.8 Å². The van der Waals surface area contributed by atoms with Gasteiger partial charge in [-0.2, -0.15) is 13.2 Å². The molecule has 160 valence electrons. The highest BCUT2D eigenvalue weighted by Crippen LogP contribution is 2.25. The molecule has 2 heterocycles. The number of amides is 1. The van der Waals surface area contributed by atoms with Crippen LogP contribution in [0.3, 0.4) is 0 Å². The van der Waals surface area contributed by atoms with Gasteiger partial charge in [0.15, 0.2) is 0 Å². The molecule has 1 aliphatic rings. The van der Waals surface area contributed by atoms with Crippen molar-refractivity contribution in [2.45, 2.75) is 45.3 Å². The van der Waals surface area contributed by atoms with Crippen LogP contribution in [0.1, 0.15) is 42.6 Å². The van der Waals surface area contributed by atoms with Crippen molar-refractivity contribution in [3.8, 4) is 0 Å². The number of rotatable bonds is 4. The molecule has 1 aromatic rings. The summed E-state index contributed by atoms with van der Waals surface area (Å²) in [5.74, 6) is -0.443. The Bertz CT molecular complexity index is 740. The maximum atomic E-state index is 13.4. The predicted octanol–water partition coefficient (Wildman–Crippen LogP) is 1.36. The molecule has 1 aliphatic heterocycles. The molecule has 1 aromatic heterocycles. The Morgan fingerprint density at radius 2 is 1.82 bits per heavy atom. The van der Waals surface area contributed by atoms with Gasteiger partial charge in [-0.1, -0.05) is 20.8 Å². The van der Waals surface area contributed by atoms with Crippen LogP contribution in [0.2, 0.25) is 0 Å². The molecular weight excluding hydrogens is 399 g/mol. The zero-order chi connectivity index (χ0) is 20.4. The summed E-state index contributed by atoms with van der Waals surface area (Å²) in [6.07, 6.45) is -4.49. The molecule has 28 heavy (non-hydrogen) atoms. The molecule has 0 bridgehead atoms. The molecule has 1 fully saturated rings. The lowest BCUT2D eigenvalue weighted by molar-refractivity contribution is -0.183. The minimum atomic E-state index is -4.49.